The van der Waals surface area contributed by atoms with Crippen molar-refractivity contribution in [1.82, 2.24) is 0 Å². The van der Waals surface area contributed by atoms with Crippen LogP contribution in [0.2, 0.25) is 0 Å². The summed E-state index contributed by atoms with van der Waals surface area (Å²) >= 11 is 0. The predicted octanol–water partition coefficient (Wildman–Crippen LogP) is 6.21. The molecule has 2 fully saturated rings. The van der Waals surface area contributed by atoms with Gasteiger partial charge in [0.1, 0.15) is 0 Å². The molecule has 0 radical (unpaired) electrons. The van der Waals surface area contributed by atoms with Gasteiger partial charge in [-0.25, -0.2) is 9.79 Å². The van der Waals surface area contributed by atoms with Gasteiger partial charge in [0.2, 0.25) is 5.54 Å². The minimum Gasteiger partial charge on any atom is -0.479 e. The molecule has 3 aliphatic carbocycles. The Hall–Kier alpha value is -2.78. The molecule has 0 aromatic rings. The zero-order chi connectivity index (χ0) is 27.7. The van der Waals surface area contributed by atoms with Gasteiger partial charge in [-0.3, -0.25) is 0 Å². The first kappa shape index (κ1) is 29.2. The van der Waals surface area contributed by atoms with E-state index in [2.05, 4.69) is 20.1 Å². The van der Waals surface area contributed by atoms with Gasteiger partial charge < -0.3 is 19.7 Å². The van der Waals surface area contributed by atoms with E-state index in [4.69, 9.17) is 25.1 Å². The van der Waals surface area contributed by atoms with E-state index in [9.17, 15) is 15.4 Å². The number of hydrogen-bond donors (Lipinski definition) is 2. The van der Waals surface area contributed by atoms with Crippen molar-refractivity contribution in [2.24, 2.45) is 33.0 Å². The average molecular weight is 544 g/mol. The molecule has 0 aromatic carbocycles. The van der Waals surface area contributed by atoms with Gasteiger partial charge in [-0.2, -0.15) is 0 Å². The number of azide groups is 2. The lowest BCUT2D eigenvalue weighted by atomic mass is 9.70. The molecule has 1 heterocycles. The molecule has 1 aliphatic heterocycles. The Labute approximate surface area is 229 Å². The average Bonchev–Trinajstić information content (AvgIpc) is 3.34. The number of aliphatic hydroxyl groups excluding tert-OH is 1. The van der Waals surface area contributed by atoms with Gasteiger partial charge in [-0.05, 0) is 92.7 Å². The molecule has 0 saturated heterocycles. The second kappa shape index (κ2) is 14.0. The van der Waals surface area contributed by atoms with Gasteiger partial charge in [0, 0.05) is 41.2 Å². The summed E-state index contributed by atoms with van der Waals surface area (Å²) in [6.45, 7) is 0.991. The highest BCUT2D eigenvalue weighted by molar-refractivity contribution is 5.91. The summed E-state index contributed by atoms with van der Waals surface area (Å²) in [5, 5.41) is 27.6. The van der Waals surface area contributed by atoms with Gasteiger partial charge in [0.05, 0.1) is 6.10 Å². The molecule has 4 atom stereocenters. The third-order valence-electron chi connectivity index (χ3n) is 9.01. The Morgan fingerprint density at radius 2 is 1.79 bits per heavy atom. The molecular formula is C27H41N7O5. The number of rotatable bonds is 12. The number of aliphatic hydroxyl groups is 1. The fraction of sp³-hybridized carbons (Fsp3) is 0.852. The monoisotopic (exact) mass is 543 g/mol. The van der Waals surface area contributed by atoms with Crippen molar-refractivity contribution in [3.63, 3.8) is 0 Å². The summed E-state index contributed by atoms with van der Waals surface area (Å²) in [7, 11) is 0. The van der Waals surface area contributed by atoms with Crippen LogP contribution in [-0.2, 0) is 14.3 Å². The molecule has 2 N–H and O–H groups in total. The van der Waals surface area contributed by atoms with E-state index in [1.807, 2.05) is 0 Å². The maximum atomic E-state index is 13.2. The quantitative estimate of drug-likeness (QED) is 0.128. The third kappa shape index (κ3) is 6.87. The van der Waals surface area contributed by atoms with Crippen molar-refractivity contribution < 1.29 is 24.5 Å². The molecule has 39 heavy (non-hydrogen) atoms. The van der Waals surface area contributed by atoms with Crippen LogP contribution in [0.15, 0.2) is 26.5 Å². The lowest BCUT2D eigenvalue weighted by Gasteiger charge is -2.38. The van der Waals surface area contributed by atoms with Crippen molar-refractivity contribution in [1.29, 1.82) is 0 Å². The maximum Gasteiger partial charge on any atom is 0.336 e. The van der Waals surface area contributed by atoms with Crippen LogP contribution in [0.25, 0.3) is 20.9 Å². The van der Waals surface area contributed by atoms with Crippen LogP contribution in [0.5, 0.6) is 0 Å². The summed E-state index contributed by atoms with van der Waals surface area (Å²) in [5.41, 5.74) is 18.0. The Kier molecular flexibility index (Phi) is 10.5. The summed E-state index contributed by atoms with van der Waals surface area (Å²) < 4.78 is 12.5. The molecule has 12 nitrogen and oxygen atoms in total. The lowest BCUT2D eigenvalue weighted by molar-refractivity contribution is -0.146. The number of carboxylic acids is 1. The summed E-state index contributed by atoms with van der Waals surface area (Å²) in [4.78, 5) is 24.2. The molecule has 12 heteroatoms. The Balaban J connectivity index is 1.65. The van der Waals surface area contributed by atoms with E-state index < -0.39 is 17.6 Å². The topological polar surface area (TPSA) is 186 Å². The maximum absolute atomic E-state index is 13.2. The van der Waals surface area contributed by atoms with Crippen molar-refractivity contribution in [2.45, 2.75) is 108 Å². The van der Waals surface area contributed by atoms with E-state index in [1.165, 1.54) is 0 Å². The van der Waals surface area contributed by atoms with Crippen molar-refractivity contribution in [2.75, 3.05) is 19.8 Å². The van der Waals surface area contributed by atoms with E-state index in [-0.39, 0.29) is 30.5 Å². The number of aliphatic imine (C=N–C) groups is 1. The minimum absolute atomic E-state index is 0.00358. The largest absolute Gasteiger partial charge is 0.479 e. The zero-order valence-electron chi connectivity index (χ0n) is 22.7. The molecule has 0 bridgehead atoms. The second-order valence-corrected chi connectivity index (χ2v) is 11.4. The highest BCUT2D eigenvalue weighted by Gasteiger charge is 2.57. The normalized spacial score (nSPS) is 32.9. The van der Waals surface area contributed by atoms with Crippen LogP contribution in [0.4, 0.5) is 0 Å². The lowest BCUT2D eigenvalue weighted by Crippen LogP contribution is -2.49. The number of carbonyl (C=O) groups is 1. The highest BCUT2D eigenvalue weighted by atomic mass is 16.5. The molecule has 0 aromatic heterocycles. The van der Waals surface area contributed by atoms with Gasteiger partial charge >= 0.3 is 5.97 Å². The van der Waals surface area contributed by atoms with Crippen molar-refractivity contribution >= 4 is 11.9 Å². The fourth-order valence-corrected chi connectivity index (χ4v) is 6.94. The standard InChI is InChI=1S/C27H41N7O5/c28-33-30-17-20-7-2-1-6-19(20)16-27(26(36)37)24(22-8-3-4-9-23(22)32-34-29)39-25(31-27)18-10-12-21(13-11-18)38-15-5-14-35/h18-21,24,35H,1-17H2,(H,36,37)/t18?,19?,20?,21?,24-,27-/m1/s1. The molecule has 2 unspecified atom stereocenters. The van der Waals surface area contributed by atoms with Crippen LogP contribution in [-0.4, -0.2) is 59.6 Å². The number of carboxylic acid groups (broad SMARTS) is 1. The minimum atomic E-state index is -1.51. The van der Waals surface area contributed by atoms with E-state index >= 15 is 0 Å². The van der Waals surface area contributed by atoms with Crippen LogP contribution >= 0.6 is 0 Å². The number of ether oxygens (including phenoxy) is 2. The summed E-state index contributed by atoms with van der Waals surface area (Å²) in [6, 6.07) is 0. The summed E-state index contributed by atoms with van der Waals surface area (Å²) in [5.74, 6) is -0.373. The molecule has 0 amide bonds. The fourth-order valence-electron chi connectivity index (χ4n) is 6.94. The smallest absolute Gasteiger partial charge is 0.336 e. The molecule has 0 spiro atoms. The van der Waals surface area contributed by atoms with E-state index in [1.54, 1.807) is 0 Å². The van der Waals surface area contributed by atoms with Gasteiger partial charge in [-0.1, -0.05) is 35.9 Å². The van der Waals surface area contributed by atoms with Gasteiger partial charge in [0.25, 0.3) is 0 Å². The Bertz CT molecular complexity index is 1030. The number of aliphatic carboxylic acids is 1. The van der Waals surface area contributed by atoms with E-state index in [0.717, 1.165) is 69.8 Å². The zero-order valence-corrected chi connectivity index (χ0v) is 22.7. The highest BCUT2D eigenvalue weighted by Crippen LogP contribution is 2.47. The molecule has 4 rings (SSSR count). The van der Waals surface area contributed by atoms with Crippen LogP contribution in [0, 0.1) is 17.8 Å². The Morgan fingerprint density at radius 1 is 1.05 bits per heavy atom. The van der Waals surface area contributed by atoms with Crippen molar-refractivity contribution in [3.8, 4) is 0 Å². The first-order valence-electron chi connectivity index (χ1n) is 14.5. The Morgan fingerprint density at radius 3 is 2.49 bits per heavy atom. The van der Waals surface area contributed by atoms with Crippen LogP contribution in [0.1, 0.15) is 89.9 Å². The van der Waals surface area contributed by atoms with Crippen LogP contribution in [0.3, 0.4) is 0 Å². The molecule has 214 valence electrons. The SMILES string of the molecule is [N-]=[N+]=NCC1CCCCC1C[C@@]1(C(=O)O)N=C(C2CCC(OCCCO)CC2)O[C@@H]1C1=C(N=[N+]=[N-])CCCC1. The van der Waals surface area contributed by atoms with Crippen molar-refractivity contribution in [3.05, 3.63) is 32.2 Å². The molecule has 2 saturated carbocycles. The van der Waals surface area contributed by atoms with E-state index in [0.29, 0.717) is 50.4 Å². The van der Waals surface area contributed by atoms with Crippen LogP contribution < -0.4 is 0 Å². The second-order valence-electron chi connectivity index (χ2n) is 11.4. The number of allylic oxidation sites excluding steroid dienone is 1. The van der Waals surface area contributed by atoms with Gasteiger partial charge in [0.15, 0.2) is 12.0 Å². The van der Waals surface area contributed by atoms with Gasteiger partial charge in [-0.15, -0.1) is 0 Å². The predicted molar refractivity (Wildman–Crippen MR) is 145 cm³/mol. The summed E-state index contributed by atoms with van der Waals surface area (Å²) in [6.07, 6.45) is 10.2. The number of nitrogens with zero attached hydrogens (tertiary/aromatic N) is 7. The molecule has 4 aliphatic rings. The first-order valence-corrected chi connectivity index (χ1v) is 14.5. The third-order valence-corrected chi connectivity index (χ3v) is 9.01. The first-order chi connectivity index (χ1) is 19.0. The molecular weight excluding hydrogens is 502 g/mol. The number of hydrogen-bond acceptors (Lipinski definition) is 7.